The topological polar surface area (TPSA) is 50.9 Å². The van der Waals surface area contributed by atoms with Crippen molar-refractivity contribution < 1.29 is 0 Å². The fraction of sp³-hybridized carbons (Fsp3) is 0.222. The summed E-state index contributed by atoms with van der Waals surface area (Å²) in [7, 11) is 0. The molecule has 4 heteroatoms. The zero-order chi connectivity index (χ0) is 9.26. The molecule has 0 amide bonds. The van der Waals surface area contributed by atoms with Gasteiger partial charge in [-0.15, -0.1) is 0 Å². The fourth-order valence-electron chi connectivity index (χ4n) is 1.35. The first-order valence-electron chi connectivity index (χ1n) is 4.20. The van der Waals surface area contributed by atoms with Crippen LogP contribution in [-0.4, -0.2) is 4.98 Å². The van der Waals surface area contributed by atoms with Gasteiger partial charge in [0.15, 0.2) is 5.13 Å². The number of thiazole rings is 1. The minimum absolute atomic E-state index is 0.774. The van der Waals surface area contributed by atoms with Gasteiger partial charge in [0.25, 0.3) is 0 Å². The lowest BCUT2D eigenvalue weighted by molar-refractivity contribution is 1.15. The summed E-state index contributed by atoms with van der Waals surface area (Å²) >= 11 is 1.58. The van der Waals surface area contributed by atoms with Gasteiger partial charge in [0.05, 0.1) is 10.2 Å². The van der Waals surface area contributed by atoms with Crippen molar-refractivity contribution in [2.75, 3.05) is 5.43 Å². The normalized spacial score (nSPS) is 10.6. The molecule has 0 fully saturated rings. The lowest BCUT2D eigenvalue weighted by atomic mass is 10.1. The maximum Gasteiger partial charge on any atom is 0.198 e. The number of fused-ring (bicyclic) bond motifs is 1. The van der Waals surface area contributed by atoms with Crippen LogP contribution in [0.4, 0.5) is 5.13 Å². The number of benzene rings is 1. The minimum Gasteiger partial charge on any atom is -0.300 e. The van der Waals surface area contributed by atoms with E-state index in [2.05, 4.69) is 35.5 Å². The molecule has 0 radical (unpaired) electrons. The number of hydrogen-bond donors (Lipinski definition) is 2. The molecule has 2 rings (SSSR count). The van der Waals surface area contributed by atoms with Crippen LogP contribution < -0.4 is 11.3 Å². The quantitative estimate of drug-likeness (QED) is 0.567. The number of rotatable bonds is 2. The van der Waals surface area contributed by atoms with Gasteiger partial charge >= 0.3 is 0 Å². The maximum atomic E-state index is 5.30. The van der Waals surface area contributed by atoms with Crippen molar-refractivity contribution in [2.45, 2.75) is 13.3 Å². The van der Waals surface area contributed by atoms with E-state index in [-0.39, 0.29) is 0 Å². The Kier molecular flexibility index (Phi) is 2.16. The van der Waals surface area contributed by atoms with Gasteiger partial charge in [-0.05, 0) is 18.1 Å². The average Bonchev–Trinajstić information content (AvgIpc) is 2.59. The van der Waals surface area contributed by atoms with Crippen molar-refractivity contribution in [1.82, 2.24) is 4.98 Å². The molecule has 2 aromatic rings. The van der Waals surface area contributed by atoms with E-state index in [0.29, 0.717) is 0 Å². The maximum absolute atomic E-state index is 5.30. The van der Waals surface area contributed by atoms with Crippen LogP contribution in [0, 0.1) is 0 Å². The molecule has 0 unspecified atom stereocenters. The van der Waals surface area contributed by atoms with Gasteiger partial charge in [0.2, 0.25) is 0 Å². The van der Waals surface area contributed by atoms with E-state index >= 15 is 0 Å². The third-order valence-electron chi connectivity index (χ3n) is 2.01. The van der Waals surface area contributed by atoms with E-state index in [9.17, 15) is 0 Å². The Hall–Kier alpha value is -1.13. The van der Waals surface area contributed by atoms with Gasteiger partial charge in [-0.2, -0.15) is 0 Å². The second kappa shape index (κ2) is 3.32. The standard InChI is InChI=1S/C9H11N3S/c1-2-6-4-3-5-7-8(6)11-9(12-10)13-7/h3-5H,2,10H2,1H3,(H,11,12). The summed E-state index contributed by atoms with van der Waals surface area (Å²) in [6.45, 7) is 2.13. The van der Waals surface area contributed by atoms with Gasteiger partial charge in [-0.3, -0.25) is 5.43 Å². The number of nitrogens with zero attached hydrogens (tertiary/aromatic N) is 1. The van der Waals surface area contributed by atoms with Crippen molar-refractivity contribution in [3.8, 4) is 0 Å². The van der Waals surface area contributed by atoms with Crippen LogP contribution in [0.15, 0.2) is 18.2 Å². The van der Waals surface area contributed by atoms with Crippen LogP contribution in [-0.2, 0) is 6.42 Å². The van der Waals surface area contributed by atoms with E-state index in [1.165, 1.54) is 10.3 Å². The first kappa shape index (κ1) is 8.47. The largest absolute Gasteiger partial charge is 0.300 e. The fourth-order valence-corrected chi connectivity index (χ4v) is 2.18. The molecule has 1 aromatic heterocycles. The molecule has 13 heavy (non-hydrogen) atoms. The number of hydrogen-bond acceptors (Lipinski definition) is 4. The molecule has 0 atom stereocenters. The van der Waals surface area contributed by atoms with Gasteiger partial charge in [0, 0.05) is 0 Å². The monoisotopic (exact) mass is 193 g/mol. The van der Waals surface area contributed by atoms with Crippen molar-refractivity contribution in [3.63, 3.8) is 0 Å². The van der Waals surface area contributed by atoms with Crippen LogP contribution in [0.1, 0.15) is 12.5 Å². The highest BCUT2D eigenvalue weighted by atomic mass is 32.1. The molecule has 0 bridgehead atoms. The zero-order valence-corrected chi connectivity index (χ0v) is 8.19. The number of aryl methyl sites for hydroxylation is 1. The molecule has 3 N–H and O–H groups in total. The van der Waals surface area contributed by atoms with Gasteiger partial charge in [-0.25, -0.2) is 10.8 Å². The molecule has 0 spiro atoms. The Balaban J connectivity index is 2.67. The lowest BCUT2D eigenvalue weighted by Gasteiger charge is -1.95. The van der Waals surface area contributed by atoms with Crippen LogP contribution in [0.2, 0.25) is 0 Å². The number of aromatic nitrogens is 1. The highest BCUT2D eigenvalue weighted by Crippen LogP contribution is 2.27. The summed E-state index contributed by atoms with van der Waals surface area (Å²) in [5, 5.41) is 0.774. The number of hydrazine groups is 1. The molecule has 0 aliphatic carbocycles. The summed E-state index contributed by atoms with van der Waals surface area (Å²) in [4.78, 5) is 4.38. The lowest BCUT2D eigenvalue weighted by Crippen LogP contribution is -2.05. The molecule has 1 heterocycles. The molecular formula is C9H11N3S. The van der Waals surface area contributed by atoms with Crippen molar-refractivity contribution in [3.05, 3.63) is 23.8 Å². The Morgan fingerprint density at radius 3 is 3.08 bits per heavy atom. The van der Waals surface area contributed by atoms with Crippen molar-refractivity contribution in [2.24, 2.45) is 5.84 Å². The van der Waals surface area contributed by atoms with Crippen molar-refractivity contribution >= 4 is 26.7 Å². The van der Waals surface area contributed by atoms with Crippen LogP contribution >= 0.6 is 11.3 Å². The Bertz CT molecular complexity index is 422. The van der Waals surface area contributed by atoms with E-state index in [0.717, 1.165) is 17.1 Å². The van der Waals surface area contributed by atoms with Crippen LogP contribution in [0.25, 0.3) is 10.2 Å². The molecule has 68 valence electrons. The zero-order valence-electron chi connectivity index (χ0n) is 7.37. The summed E-state index contributed by atoms with van der Waals surface area (Å²) in [6, 6.07) is 6.22. The van der Waals surface area contributed by atoms with E-state index < -0.39 is 0 Å². The highest BCUT2D eigenvalue weighted by molar-refractivity contribution is 7.22. The van der Waals surface area contributed by atoms with Gasteiger partial charge < -0.3 is 0 Å². The predicted molar refractivity (Wildman–Crippen MR) is 56.8 cm³/mol. The van der Waals surface area contributed by atoms with Crippen LogP contribution in [0.3, 0.4) is 0 Å². The summed E-state index contributed by atoms with van der Waals surface area (Å²) in [5.74, 6) is 5.30. The predicted octanol–water partition coefficient (Wildman–Crippen LogP) is 2.14. The molecule has 0 aliphatic rings. The second-order valence-electron chi connectivity index (χ2n) is 2.78. The van der Waals surface area contributed by atoms with Crippen molar-refractivity contribution in [1.29, 1.82) is 0 Å². The van der Waals surface area contributed by atoms with E-state index in [1.54, 1.807) is 11.3 Å². The Morgan fingerprint density at radius 2 is 2.38 bits per heavy atom. The Labute approximate surface area is 80.6 Å². The average molecular weight is 193 g/mol. The molecule has 0 aliphatic heterocycles. The van der Waals surface area contributed by atoms with Gasteiger partial charge in [0.1, 0.15) is 0 Å². The molecule has 0 saturated heterocycles. The number of anilines is 1. The number of nitrogen functional groups attached to an aromatic ring is 1. The number of nitrogens with one attached hydrogen (secondary N) is 1. The third kappa shape index (κ3) is 1.38. The summed E-state index contributed by atoms with van der Waals surface area (Å²) in [5.41, 5.74) is 4.92. The van der Waals surface area contributed by atoms with E-state index in [1.807, 2.05) is 0 Å². The van der Waals surface area contributed by atoms with Gasteiger partial charge in [-0.1, -0.05) is 30.4 Å². The molecule has 3 nitrogen and oxygen atoms in total. The summed E-state index contributed by atoms with van der Waals surface area (Å²) < 4.78 is 1.19. The summed E-state index contributed by atoms with van der Waals surface area (Å²) in [6.07, 6.45) is 1.01. The molecular weight excluding hydrogens is 182 g/mol. The van der Waals surface area contributed by atoms with E-state index in [4.69, 9.17) is 5.84 Å². The first-order valence-corrected chi connectivity index (χ1v) is 5.02. The third-order valence-corrected chi connectivity index (χ3v) is 2.96. The number of nitrogens with two attached hydrogens (primary N) is 1. The minimum atomic E-state index is 0.774. The first-order chi connectivity index (χ1) is 6.35. The second-order valence-corrected chi connectivity index (χ2v) is 3.81. The van der Waals surface area contributed by atoms with Crippen LogP contribution in [0.5, 0.6) is 0 Å². The number of para-hydroxylation sites is 1. The SMILES string of the molecule is CCc1cccc2sc(NN)nc12. The smallest absolute Gasteiger partial charge is 0.198 e. The molecule has 0 saturated carbocycles. The molecule has 1 aromatic carbocycles. The highest BCUT2D eigenvalue weighted by Gasteiger charge is 2.04. The Morgan fingerprint density at radius 1 is 1.54 bits per heavy atom.